The number of rotatable bonds is 9. The zero-order chi connectivity index (χ0) is 15.8. The molecule has 0 spiro atoms. The number of anilines is 2. The van der Waals surface area contributed by atoms with Crippen molar-refractivity contribution in [2.24, 2.45) is 0 Å². The molecule has 0 aromatic carbocycles. The first-order valence-electron chi connectivity index (χ1n) is 7.87. The molecule has 1 rings (SSSR count). The van der Waals surface area contributed by atoms with Crippen LogP contribution in [0.15, 0.2) is 0 Å². The van der Waals surface area contributed by atoms with Gasteiger partial charge >= 0.3 is 0 Å². The van der Waals surface area contributed by atoms with Crippen LogP contribution in [0.2, 0.25) is 0 Å². The second-order valence-corrected chi connectivity index (χ2v) is 5.86. The highest BCUT2D eigenvalue weighted by molar-refractivity contribution is 5.57. The van der Waals surface area contributed by atoms with E-state index in [0.717, 1.165) is 49.0 Å². The molecule has 0 saturated heterocycles. The van der Waals surface area contributed by atoms with Crippen LogP contribution in [0.3, 0.4) is 0 Å². The normalized spacial score (nSPS) is 11.2. The Bertz CT molecular complexity index is 433. The average Bonchev–Trinajstić information content (AvgIpc) is 2.43. The fraction of sp³-hybridized carbons (Fsp3) is 0.750. The van der Waals surface area contributed by atoms with Gasteiger partial charge in [0.05, 0.1) is 6.10 Å². The van der Waals surface area contributed by atoms with E-state index in [1.807, 2.05) is 14.0 Å². The van der Waals surface area contributed by atoms with E-state index in [0.29, 0.717) is 12.0 Å². The summed E-state index contributed by atoms with van der Waals surface area (Å²) < 4.78 is 5.54. The molecule has 5 nitrogen and oxygen atoms in total. The summed E-state index contributed by atoms with van der Waals surface area (Å²) in [5, 5.41) is 6.57. The van der Waals surface area contributed by atoms with Gasteiger partial charge in [-0.25, -0.2) is 9.97 Å². The number of unbranched alkanes of at least 4 members (excludes halogenated alkanes) is 1. The monoisotopic (exact) mass is 294 g/mol. The Morgan fingerprint density at radius 1 is 1.05 bits per heavy atom. The lowest BCUT2D eigenvalue weighted by molar-refractivity contribution is 0.0765. The van der Waals surface area contributed by atoms with Gasteiger partial charge in [0.1, 0.15) is 17.5 Å². The third kappa shape index (κ3) is 5.87. The van der Waals surface area contributed by atoms with Gasteiger partial charge in [0.25, 0.3) is 0 Å². The summed E-state index contributed by atoms with van der Waals surface area (Å²) in [4.78, 5) is 9.18. The van der Waals surface area contributed by atoms with Crippen LogP contribution >= 0.6 is 0 Å². The van der Waals surface area contributed by atoms with Crippen molar-refractivity contribution < 1.29 is 4.74 Å². The van der Waals surface area contributed by atoms with Crippen molar-refractivity contribution in [3.63, 3.8) is 0 Å². The third-order valence-corrected chi connectivity index (χ3v) is 3.23. The predicted molar refractivity (Wildman–Crippen MR) is 89.2 cm³/mol. The molecule has 1 aromatic rings. The largest absolute Gasteiger partial charge is 0.379 e. The molecular weight excluding hydrogens is 264 g/mol. The summed E-state index contributed by atoms with van der Waals surface area (Å²) in [6, 6.07) is 0. The minimum Gasteiger partial charge on any atom is -0.379 e. The van der Waals surface area contributed by atoms with Crippen molar-refractivity contribution >= 4 is 11.6 Å². The average molecular weight is 294 g/mol. The van der Waals surface area contributed by atoms with Gasteiger partial charge in [-0.3, -0.25) is 0 Å². The standard InChI is InChI=1S/C16H30N4O/c1-11(2)14-19-15(17-6)13(5)16(20-14)18-9-7-8-10-21-12(3)4/h11-12H,7-10H2,1-6H3,(H2,17,18,19,20). The Kier molecular flexibility index (Phi) is 7.43. The zero-order valence-corrected chi connectivity index (χ0v) is 14.3. The van der Waals surface area contributed by atoms with Crippen molar-refractivity contribution in [1.82, 2.24) is 9.97 Å². The Hall–Kier alpha value is -1.36. The molecule has 120 valence electrons. The van der Waals surface area contributed by atoms with Gasteiger partial charge in [0.15, 0.2) is 0 Å². The van der Waals surface area contributed by atoms with Gasteiger partial charge in [-0.2, -0.15) is 0 Å². The number of hydrogen-bond donors (Lipinski definition) is 2. The first-order valence-corrected chi connectivity index (χ1v) is 7.87. The van der Waals surface area contributed by atoms with Gasteiger partial charge < -0.3 is 15.4 Å². The van der Waals surface area contributed by atoms with Crippen LogP contribution in [-0.2, 0) is 4.74 Å². The van der Waals surface area contributed by atoms with E-state index in [1.165, 1.54) is 0 Å². The van der Waals surface area contributed by atoms with Gasteiger partial charge in [0.2, 0.25) is 0 Å². The molecular formula is C16H30N4O. The molecule has 0 atom stereocenters. The van der Waals surface area contributed by atoms with Crippen LogP contribution in [0.4, 0.5) is 11.6 Å². The third-order valence-electron chi connectivity index (χ3n) is 3.23. The van der Waals surface area contributed by atoms with Gasteiger partial charge in [0, 0.05) is 31.7 Å². The maximum Gasteiger partial charge on any atom is 0.135 e. The molecule has 0 aliphatic heterocycles. The Labute approximate surface area is 128 Å². The molecule has 0 saturated carbocycles. The quantitative estimate of drug-likeness (QED) is 0.682. The Balaban J connectivity index is 2.55. The lowest BCUT2D eigenvalue weighted by Gasteiger charge is -2.15. The first-order chi connectivity index (χ1) is 9.95. The number of ether oxygens (including phenoxy) is 1. The fourth-order valence-electron chi connectivity index (χ4n) is 1.96. The van der Waals surface area contributed by atoms with Crippen LogP contribution in [0.25, 0.3) is 0 Å². The van der Waals surface area contributed by atoms with Crippen molar-refractivity contribution in [3.05, 3.63) is 11.4 Å². The zero-order valence-electron chi connectivity index (χ0n) is 14.3. The molecule has 0 bridgehead atoms. The maximum atomic E-state index is 5.54. The molecule has 2 N–H and O–H groups in total. The maximum absolute atomic E-state index is 5.54. The van der Waals surface area contributed by atoms with E-state index in [4.69, 9.17) is 4.74 Å². The van der Waals surface area contributed by atoms with Crippen LogP contribution in [0.5, 0.6) is 0 Å². The summed E-state index contributed by atoms with van der Waals surface area (Å²) >= 11 is 0. The van der Waals surface area contributed by atoms with Crippen molar-refractivity contribution in [3.8, 4) is 0 Å². The topological polar surface area (TPSA) is 59.1 Å². The summed E-state index contributed by atoms with van der Waals surface area (Å²) in [5.41, 5.74) is 1.07. The SMILES string of the molecule is CNc1nc(C(C)C)nc(NCCCCOC(C)C)c1C. The van der Waals surface area contributed by atoms with Crippen LogP contribution in [0.1, 0.15) is 57.8 Å². The lowest BCUT2D eigenvalue weighted by atomic mass is 10.2. The number of hydrogen-bond acceptors (Lipinski definition) is 5. The highest BCUT2D eigenvalue weighted by Crippen LogP contribution is 2.22. The van der Waals surface area contributed by atoms with E-state index >= 15 is 0 Å². The van der Waals surface area contributed by atoms with Crippen molar-refractivity contribution in [2.45, 2.75) is 59.5 Å². The van der Waals surface area contributed by atoms with E-state index in [9.17, 15) is 0 Å². The summed E-state index contributed by atoms with van der Waals surface area (Å²) in [6.07, 6.45) is 2.45. The molecule has 0 aliphatic rings. The van der Waals surface area contributed by atoms with Crippen LogP contribution in [-0.4, -0.2) is 36.3 Å². The molecule has 0 radical (unpaired) electrons. The highest BCUT2D eigenvalue weighted by Gasteiger charge is 2.11. The molecule has 1 aromatic heterocycles. The van der Waals surface area contributed by atoms with E-state index in [2.05, 4.69) is 48.3 Å². The first kappa shape index (κ1) is 17.7. The molecule has 0 fully saturated rings. The number of aromatic nitrogens is 2. The van der Waals surface area contributed by atoms with E-state index < -0.39 is 0 Å². The second-order valence-electron chi connectivity index (χ2n) is 5.86. The Morgan fingerprint density at radius 3 is 2.29 bits per heavy atom. The van der Waals surface area contributed by atoms with Crippen LogP contribution < -0.4 is 10.6 Å². The predicted octanol–water partition coefficient (Wildman–Crippen LogP) is 3.57. The minimum absolute atomic E-state index is 0.314. The van der Waals surface area contributed by atoms with Crippen LogP contribution in [0, 0.1) is 6.92 Å². The molecule has 1 heterocycles. The molecule has 0 aliphatic carbocycles. The van der Waals surface area contributed by atoms with Gasteiger partial charge in [-0.1, -0.05) is 13.8 Å². The summed E-state index contributed by atoms with van der Waals surface area (Å²) in [7, 11) is 1.90. The highest BCUT2D eigenvalue weighted by atomic mass is 16.5. The smallest absolute Gasteiger partial charge is 0.135 e. The molecule has 21 heavy (non-hydrogen) atoms. The summed E-state index contributed by atoms with van der Waals surface area (Å²) in [6.45, 7) is 12.1. The Morgan fingerprint density at radius 2 is 1.71 bits per heavy atom. The fourth-order valence-corrected chi connectivity index (χ4v) is 1.96. The van der Waals surface area contributed by atoms with Crippen molar-refractivity contribution in [2.75, 3.05) is 30.8 Å². The van der Waals surface area contributed by atoms with Crippen molar-refractivity contribution in [1.29, 1.82) is 0 Å². The number of nitrogens with zero attached hydrogens (tertiary/aromatic N) is 2. The number of nitrogens with one attached hydrogen (secondary N) is 2. The molecule has 5 heteroatoms. The van der Waals surface area contributed by atoms with E-state index in [-0.39, 0.29) is 0 Å². The lowest BCUT2D eigenvalue weighted by Crippen LogP contribution is -2.12. The van der Waals surface area contributed by atoms with Gasteiger partial charge in [-0.15, -0.1) is 0 Å². The second kappa shape index (κ2) is 8.82. The molecule has 0 amide bonds. The van der Waals surface area contributed by atoms with Gasteiger partial charge in [-0.05, 0) is 33.6 Å². The molecule has 0 unspecified atom stereocenters. The van der Waals surface area contributed by atoms with E-state index in [1.54, 1.807) is 0 Å². The minimum atomic E-state index is 0.314. The summed E-state index contributed by atoms with van der Waals surface area (Å²) in [5.74, 6) is 3.02.